The quantitative estimate of drug-likeness (QED) is 0.780. The molecule has 14 heavy (non-hydrogen) atoms. The molecule has 0 amide bonds. The second-order valence-corrected chi connectivity index (χ2v) is 4.08. The summed E-state index contributed by atoms with van der Waals surface area (Å²) in [7, 11) is 0. The molecule has 1 aromatic heterocycles. The lowest BCUT2D eigenvalue weighted by molar-refractivity contribution is 0.383. The van der Waals surface area contributed by atoms with Gasteiger partial charge in [-0.25, -0.2) is 4.98 Å². The number of aromatic nitrogens is 2. The fraction of sp³-hybridized carbons (Fsp3) is 0.727. The molecule has 3 nitrogen and oxygen atoms in total. The van der Waals surface area contributed by atoms with E-state index in [1.807, 2.05) is 0 Å². The summed E-state index contributed by atoms with van der Waals surface area (Å²) in [5.41, 5.74) is 8.20. The highest BCUT2D eigenvalue weighted by molar-refractivity contribution is 5.20. The Balaban J connectivity index is 2.46. The van der Waals surface area contributed by atoms with Crippen LogP contribution in [0.2, 0.25) is 0 Å². The van der Waals surface area contributed by atoms with Crippen molar-refractivity contribution < 1.29 is 0 Å². The zero-order valence-electron chi connectivity index (χ0n) is 9.08. The third-order valence-corrected chi connectivity index (χ3v) is 3.25. The Kier molecular flexibility index (Phi) is 2.59. The third kappa shape index (κ3) is 1.36. The van der Waals surface area contributed by atoms with Crippen molar-refractivity contribution in [2.45, 2.75) is 52.1 Å². The molecule has 2 rings (SSSR count). The van der Waals surface area contributed by atoms with Crippen LogP contribution >= 0.6 is 0 Å². The maximum Gasteiger partial charge on any atom is 0.106 e. The number of hydrogen-bond donors (Lipinski definition) is 1. The highest BCUT2D eigenvalue weighted by Gasteiger charge is 2.23. The van der Waals surface area contributed by atoms with Crippen molar-refractivity contribution in [1.29, 1.82) is 0 Å². The first-order chi connectivity index (χ1) is 6.77. The van der Waals surface area contributed by atoms with E-state index >= 15 is 0 Å². The lowest BCUT2D eigenvalue weighted by atomic mass is 9.99. The Labute approximate surface area is 85.3 Å². The van der Waals surface area contributed by atoms with E-state index in [1.165, 1.54) is 25.0 Å². The maximum absolute atomic E-state index is 5.70. The lowest BCUT2D eigenvalue weighted by Gasteiger charge is -2.26. The van der Waals surface area contributed by atoms with Crippen LogP contribution in [0.3, 0.4) is 0 Å². The maximum atomic E-state index is 5.70. The van der Waals surface area contributed by atoms with Gasteiger partial charge in [0.1, 0.15) is 5.82 Å². The molecule has 3 heteroatoms. The molecule has 78 valence electrons. The molecule has 0 fully saturated rings. The Morgan fingerprint density at radius 1 is 1.57 bits per heavy atom. The van der Waals surface area contributed by atoms with Gasteiger partial charge in [-0.15, -0.1) is 0 Å². The van der Waals surface area contributed by atoms with Gasteiger partial charge < -0.3 is 10.3 Å². The predicted molar refractivity (Wildman–Crippen MR) is 57.1 cm³/mol. The Bertz CT molecular complexity index is 328. The summed E-state index contributed by atoms with van der Waals surface area (Å²) in [5.74, 6) is 1.15. The minimum atomic E-state index is 0.583. The van der Waals surface area contributed by atoms with Crippen LogP contribution in [-0.4, -0.2) is 9.55 Å². The van der Waals surface area contributed by atoms with Gasteiger partial charge in [-0.3, -0.25) is 0 Å². The summed E-state index contributed by atoms with van der Waals surface area (Å²) in [6, 6.07) is 0.659. The molecule has 1 aromatic rings. The van der Waals surface area contributed by atoms with E-state index < -0.39 is 0 Å². The smallest absolute Gasteiger partial charge is 0.106 e. The van der Waals surface area contributed by atoms with Crippen LogP contribution in [0.1, 0.15) is 49.4 Å². The van der Waals surface area contributed by atoms with Gasteiger partial charge in [0.05, 0.1) is 5.69 Å². The Morgan fingerprint density at radius 2 is 2.36 bits per heavy atom. The molecule has 1 atom stereocenters. The van der Waals surface area contributed by atoms with Gasteiger partial charge in [-0.2, -0.15) is 0 Å². The van der Waals surface area contributed by atoms with Crippen molar-refractivity contribution in [3.8, 4) is 0 Å². The van der Waals surface area contributed by atoms with Crippen molar-refractivity contribution in [2.75, 3.05) is 0 Å². The molecule has 1 unspecified atom stereocenters. The van der Waals surface area contributed by atoms with Crippen LogP contribution in [0.15, 0.2) is 0 Å². The van der Waals surface area contributed by atoms with Crippen LogP contribution in [0.5, 0.6) is 0 Å². The summed E-state index contributed by atoms with van der Waals surface area (Å²) in [6.07, 6.45) is 4.94. The van der Waals surface area contributed by atoms with E-state index in [0.29, 0.717) is 12.6 Å². The molecule has 2 N–H and O–H groups in total. The van der Waals surface area contributed by atoms with E-state index in [4.69, 9.17) is 5.73 Å². The zero-order valence-corrected chi connectivity index (χ0v) is 9.08. The number of rotatable bonds is 2. The van der Waals surface area contributed by atoms with Crippen LogP contribution in [-0.2, 0) is 13.0 Å². The number of nitrogens with two attached hydrogens (primary N) is 1. The van der Waals surface area contributed by atoms with Gasteiger partial charge in [-0.1, -0.05) is 6.92 Å². The largest absolute Gasteiger partial charge is 0.329 e. The van der Waals surface area contributed by atoms with Gasteiger partial charge in [0, 0.05) is 18.3 Å². The van der Waals surface area contributed by atoms with Gasteiger partial charge in [0.2, 0.25) is 0 Å². The second kappa shape index (κ2) is 3.73. The number of hydrogen-bond acceptors (Lipinski definition) is 2. The van der Waals surface area contributed by atoms with Crippen molar-refractivity contribution in [3.63, 3.8) is 0 Å². The van der Waals surface area contributed by atoms with Crippen molar-refractivity contribution in [1.82, 2.24) is 9.55 Å². The third-order valence-electron chi connectivity index (χ3n) is 3.25. The normalized spacial score (nSPS) is 20.9. The second-order valence-electron chi connectivity index (χ2n) is 4.08. The van der Waals surface area contributed by atoms with Gasteiger partial charge in [-0.05, 0) is 32.6 Å². The summed E-state index contributed by atoms with van der Waals surface area (Å²) in [4.78, 5) is 4.55. The molecular formula is C11H19N3. The first-order valence-corrected chi connectivity index (χ1v) is 5.54. The monoisotopic (exact) mass is 193 g/mol. The van der Waals surface area contributed by atoms with Gasteiger partial charge in [0.25, 0.3) is 0 Å². The van der Waals surface area contributed by atoms with Crippen molar-refractivity contribution >= 4 is 0 Å². The molecule has 0 aromatic carbocycles. The topological polar surface area (TPSA) is 43.8 Å². The summed E-state index contributed by atoms with van der Waals surface area (Å²) in [5, 5.41) is 0. The van der Waals surface area contributed by atoms with E-state index in [1.54, 1.807) is 0 Å². The van der Waals surface area contributed by atoms with E-state index in [-0.39, 0.29) is 0 Å². The lowest BCUT2D eigenvalue weighted by Crippen LogP contribution is -2.19. The predicted octanol–water partition coefficient (Wildman–Crippen LogP) is 1.94. The average molecular weight is 193 g/mol. The fourth-order valence-corrected chi connectivity index (χ4v) is 2.58. The van der Waals surface area contributed by atoms with Crippen molar-refractivity contribution in [2.24, 2.45) is 5.73 Å². The number of fused-ring (bicyclic) bond motifs is 1. The zero-order chi connectivity index (χ0) is 10.1. The van der Waals surface area contributed by atoms with Crippen LogP contribution < -0.4 is 5.73 Å². The molecule has 0 radical (unpaired) electrons. The number of aryl methyl sites for hydroxylation is 1. The summed E-state index contributed by atoms with van der Waals surface area (Å²) >= 11 is 0. The SMILES string of the molecule is CCC1CCCc2c(CN)nc(C)n21. The molecule has 0 spiro atoms. The number of imidazole rings is 1. The van der Waals surface area contributed by atoms with E-state index in [2.05, 4.69) is 23.4 Å². The molecular weight excluding hydrogens is 174 g/mol. The number of nitrogens with zero attached hydrogens (tertiary/aromatic N) is 2. The molecule has 2 heterocycles. The van der Waals surface area contributed by atoms with Crippen LogP contribution in [0.25, 0.3) is 0 Å². The fourth-order valence-electron chi connectivity index (χ4n) is 2.58. The molecule has 1 aliphatic heterocycles. The Morgan fingerprint density at radius 3 is 3.00 bits per heavy atom. The standard InChI is InChI=1S/C11H19N3/c1-3-9-5-4-6-11-10(7-12)13-8(2)14(9)11/h9H,3-7,12H2,1-2H3. The van der Waals surface area contributed by atoms with E-state index in [0.717, 1.165) is 17.9 Å². The molecule has 0 bridgehead atoms. The molecule has 0 saturated carbocycles. The van der Waals surface area contributed by atoms with Gasteiger partial charge in [0.15, 0.2) is 0 Å². The van der Waals surface area contributed by atoms with E-state index in [9.17, 15) is 0 Å². The van der Waals surface area contributed by atoms with Gasteiger partial charge >= 0.3 is 0 Å². The highest BCUT2D eigenvalue weighted by Crippen LogP contribution is 2.30. The summed E-state index contributed by atoms with van der Waals surface area (Å²) < 4.78 is 2.41. The van der Waals surface area contributed by atoms with Crippen LogP contribution in [0, 0.1) is 6.92 Å². The first kappa shape index (κ1) is 9.71. The van der Waals surface area contributed by atoms with Crippen LogP contribution in [0.4, 0.5) is 0 Å². The molecule has 0 saturated heterocycles. The van der Waals surface area contributed by atoms with Crippen molar-refractivity contribution in [3.05, 3.63) is 17.2 Å². The minimum Gasteiger partial charge on any atom is -0.329 e. The first-order valence-electron chi connectivity index (χ1n) is 5.54. The Hall–Kier alpha value is -0.830. The summed E-state index contributed by atoms with van der Waals surface area (Å²) in [6.45, 7) is 4.93. The highest BCUT2D eigenvalue weighted by atomic mass is 15.1. The minimum absolute atomic E-state index is 0.583. The molecule has 0 aliphatic carbocycles. The average Bonchev–Trinajstić information content (AvgIpc) is 2.55. The molecule has 1 aliphatic rings.